The van der Waals surface area contributed by atoms with Crippen LogP contribution in [-0.2, 0) is 7.05 Å². The van der Waals surface area contributed by atoms with E-state index in [2.05, 4.69) is 10.3 Å². The molecular weight excluding hydrogens is 301 g/mol. The van der Waals surface area contributed by atoms with Crippen molar-refractivity contribution < 1.29 is 28.5 Å². The maximum atomic E-state index is 4.23. The highest BCUT2D eigenvalue weighted by Crippen LogP contribution is 2.08. The maximum Gasteiger partial charge on any atom is 0.396 e. The molecule has 0 bridgehead atoms. The molecule has 1 heterocycles. The average Bonchev–Trinajstić information content (AvgIpc) is 2.23. The summed E-state index contributed by atoms with van der Waals surface area (Å²) in [6, 6.07) is 11.9. The fraction of sp³-hybridized carbons (Fsp3) is 0.0909. The number of para-hydroxylation sites is 1. The molecule has 1 aromatic carbocycles. The zero-order valence-corrected chi connectivity index (χ0v) is 10.5. The number of hydrogen-bond donors (Lipinski definition) is 1. The lowest BCUT2D eigenvalue weighted by Gasteiger charge is -2.00. The molecule has 1 aromatic heterocycles. The van der Waals surface area contributed by atoms with Gasteiger partial charge in [0.2, 0.25) is 0 Å². The molecule has 3 nitrogen and oxygen atoms in total. The molecule has 4 heteroatoms. The van der Waals surface area contributed by atoms with Crippen molar-refractivity contribution in [3.63, 3.8) is 0 Å². The Morgan fingerprint density at radius 3 is 2.53 bits per heavy atom. The van der Waals surface area contributed by atoms with E-state index in [-0.39, 0.29) is 24.0 Å². The topological polar surface area (TPSA) is 28.8 Å². The van der Waals surface area contributed by atoms with Crippen LogP contribution >= 0.6 is 0 Å². The lowest BCUT2D eigenvalue weighted by Crippen LogP contribution is -3.00. The van der Waals surface area contributed by atoms with E-state index in [1.54, 1.807) is 6.20 Å². The molecule has 1 N–H and O–H groups in total. The molecule has 0 fully saturated rings. The van der Waals surface area contributed by atoms with E-state index in [0.717, 1.165) is 11.6 Å². The van der Waals surface area contributed by atoms with Crippen LogP contribution in [0.1, 0.15) is 0 Å². The smallest absolute Gasteiger partial charge is 0.396 e. The van der Waals surface area contributed by atoms with E-state index in [1.807, 2.05) is 54.2 Å². The summed E-state index contributed by atoms with van der Waals surface area (Å²) < 4.78 is 1.94. The van der Waals surface area contributed by atoms with Gasteiger partial charge in [-0.3, -0.25) is 0 Å². The highest BCUT2D eigenvalue weighted by molar-refractivity contribution is 5.50. The number of hydrogen-bond acceptors (Lipinski definition) is 2. The third kappa shape index (κ3) is 3.16. The van der Waals surface area contributed by atoms with Crippen LogP contribution in [0.3, 0.4) is 0 Å². The van der Waals surface area contributed by atoms with Gasteiger partial charge in [-0.2, -0.15) is 0 Å². The maximum absolute atomic E-state index is 4.23. The highest BCUT2D eigenvalue weighted by Gasteiger charge is 2.05. The zero-order chi connectivity index (χ0) is 9.80. The number of nitrogens with zero attached hydrogens (tertiary/aromatic N) is 2. The van der Waals surface area contributed by atoms with Crippen LogP contribution < -0.4 is 33.9 Å². The Balaban J connectivity index is 0.00000112. The molecule has 15 heavy (non-hydrogen) atoms. The second kappa shape index (κ2) is 5.65. The van der Waals surface area contributed by atoms with E-state index in [9.17, 15) is 0 Å². The summed E-state index contributed by atoms with van der Waals surface area (Å²) in [6.07, 6.45) is 3.73. The summed E-state index contributed by atoms with van der Waals surface area (Å²) in [6.45, 7) is 0. The summed E-state index contributed by atoms with van der Waals surface area (Å²) in [5, 5.41) is 3.22. The Labute approximate surface area is 106 Å². The summed E-state index contributed by atoms with van der Waals surface area (Å²) in [7, 11) is 1.96. The number of aryl methyl sites for hydroxylation is 1. The van der Waals surface area contributed by atoms with Crippen LogP contribution in [-0.4, -0.2) is 4.98 Å². The molecule has 0 spiro atoms. The van der Waals surface area contributed by atoms with Crippen LogP contribution in [0.4, 0.5) is 11.6 Å². The fourth-order valence-corrected chi connectivity index (χ4v) is 1.21. The van der Waals surface area contributed by atoms with E-state index in [4.69, 9.17) is 0 Å². The van der Waals surface area contributed by atoms with E-state index >= 15 is 0 Å². The van der Waals surface area contributed by atoms with Crippen molar-refractivity contribution in [2.45, 2.75) is 0 Å². The number of halogens is 1. The average molecular weight is 313 g/mol. The van der Waals surface area contributed by atoms with Crippen LogP contribution in [0, 0.1) is 0 Å². The van der Waals surface area contributed by atoms with Gasteiger partial charge < -0.3 is 24.0 Å². The molecular formula is C11H12IN3. The number of nitrogens with one attached hydrogen (secondary N) is 1. The highest BCUT2D eigenvalue weighted by atomic mass is 127. The number of rotatable bonds is 2. The molecule has 0 aliphatic rings. The molecule has 0 saturated heterocycles. The van der Waals surface area contributed by atoms with Gasteiger partial charge in [-0.25, -0.2) is 9.88 Å². The summed E-state index contributed by atoms with van der Waals surface area (Å²) in [5.74, 6) is 0.832. The lowest BCUT2D eigenvalue weighted by atomic mass is 10.3. The molecule has 78 valence electrons. The van der Waals surface area contributed by atoms with E-state index in [1.165, 1.54) is 0 Å². The number of aromatic nitrogens is 2. The van der Waals surface area contributed by atoms with Gasteiger partial charge in [-0.1, -0.05) is 23.2 Å². The Morgan fingerprint density at radius 1 is 1.13 bits per heavy atom. The van der Waals surface area contributed by atoms with Gasteiger partial charge in [0.25, 0.3) is 0 Å². The molecule has 0 atom stereocenters. The van der Waals surface area contributed by atoms with Crippen molar-refractivity contribution >= 4 is 11.6 Å². The summed E-state index contributed by atoms with van der Waals surface area (Å²) >= 11 is 0. The molecule has 0 unspecified atom stereocenters. The Bertz CT molecular complexity index is 417. The predicted octanol–water partition coefficient (Wildman–Crippen LogP) is -1.35. The minimum Gasteiger partial charge on any atom is -1.00 e. The Morgan fingerprint density at radius 2 is 1.87 bits per heavy atom. The molecule has 0 saturated carbocycles. The molecule has 2 aromatic rings. The molecule has 0 aliphatic heterocycles. The first-order valence-electron chi connectivity index (χ1n) is 4.49. The largest absolute Gasteiger partial charge is 1.00 e. The minimum atomic E-state index is 0. The second-order valence-electron chi connectivity index (χ2n) is 3.05. The van der Waals surface area contributed by atoms with Gasteiger partial charge in [-0.15, -0.1) is 0 Å². The molecule has 2 rings (SSSR count). The molecule has 0 aliphatic carbocycles. The third-order valence-corrected chi connectivity index (χ3v) is 1.96. The first-order valence-corrected chi connectivity index (χ1v) is 4.49. The monoisotopic (exact) mass is 313 g/mol. The predicted molar refractivity (Wildman–Crippen MR) is 55.1 cm³/mol. The normalized spacial score (nSPS) is 9.13. The van der Waals surface area contributed by atoms with Crippen LogP contribution in [0.5, 0.6) is 0 Å². The summed E-state index contributed by atoms with van der Waals surface area (Å²) in [4.78, 5) is 4.23. The summed E-state index contributed by atoms with van der Waals surface area (Å²) in [5.41, 5.74) is 1.04. The van der Waals surface area contributed by atoms with Crippen LogP contribution in [0.15, 0.2) is 48.8 Å². The molecule has 0 amide bonds. The quantitative estimate of drug-likeness (QED) is 0.549. The third-order valence-electron chi connectivity index (χ3n) is 1.96. The minimum absolute atomic E-state index is 0. The first kappa shape index (κ1) is 11.9. The Hall–Kier alpha value is -1.17. The van der Waals surface area contributed by atoms with Crippen molar-refractivity contribution in [1.29, 1.82) is 0 Å². The van der Waals surface area contributed by atoms with Crippen LogP contribution in [0.25, 0.3) is 0 Å². The van der Waals surface area contributed by atoms with E-state index < -0.39 is 0 Å². The first-order chi connectivity index (χ1) is 6.86. The zero-order valence-electron chi connectivity index (χ0n) is 8.39. The standard InChI is InChI=1S/C11H11N3.HI/c1-14-9-5-8-12-11(14)13-10-6-3-2-4-7-10;/h2-9H,1H3;1H. The Kier molecular flexibility index (Phi) is 4.48. The number of anilines is 2. The molecule has 0 radical (unpaired) electrons. The van der Waals surface area contributed by atoms with Crippen molar-refractivity contribution in [3.05, 3.63) is 48.8 Å². The lowest BCUT2D eigenvalue weighted by molar-refractivity contribution is -0.659. The van der Waals surface area contributed by atoms with E-state index in [0.29, 0.717) is 0 Å². The van der Waals surface area contributed by atoms with Gasteiger partial charge in [-0.05, 0) is 12.1 Å². The van der Waals surface area contributed by atoms with Crippen molar-refractivity contribution in [3.8, 4) is 0 Å². The van der Waals surface area contributed by atoms with Gasteiger partial charge in [0.05, 0.1) is 18.9 Å². The van der Waals surface area contributed by atoms with Gasteiger partial charge >= 0.3 is 5.95 Å². The van der Waals surface area contributed by atoms with Gasteiger partial charge in [0.1, 0.15) is 6.20 Å². The van der Waals surface area contributed by atoms with Crippen molar-refractivity contribution in [1.82, 2.24) is 4.98 Å². The van der Waals surface area contributed by atoms with Crippen molar-refractivity contribution in [2.24, 2.45) is 7.05 Å². The van der Waals surface area contributed by atoms with Gasteiger partial charge in [0.15, 0.2) is 0 Å². The van der Waals surface area contributed by atoms with Crippen LogP contribution in [0.2, 0.25) is 0 Å². The SMILES string of the molecule is C[n+]1cccnc1Nc1ccccc1.[I-]. The number of benzene rings is 1. The van der Waals surface area contributed by atoms with Crippen molar-refractivity contribution in [2.75, 3.05) is 5.32 Å². The van der Waals surface area contributed by atoms with Gasteiger partial charge in [0, 0.05) is 6.07 Å². The fourth-order valence-electron chi connectivity index (χ4n) is 1.21. The second-order valence-corrected chi connectivity index (χ2v) is 3.05.